The number of anilines is 1. The highest BCUT2D eigenvalue weighted by Gasteiger charge is 2.40. The van der Waals surface area contributed by atoms with Crippen LogP contribution in [0.1, 0.15) is 127 Å². The van der Waals surface area contributed by atoms with Crippen molar-refractivity contribution in [2.75, 3.05) is 11.4 Å². The van der Waals surface area contributed by atoms with Gasteiger partial charge in [-0.3, -0.25) is 14.7 Å². The molecule has 5 heteroatoms. The number of aliphatic imine (C=N–C) groups is 1. The SMILES string of the molecule is CCCN1c2cc(C)c(/C=C3/SC(=NC4CCCCC4)N(C4CCCCC4)C3=O)cc2C(C)CC1(C)C. The molecule has 0 aromatic heterocycles. The van der Waals surface area contributed by atoms with Gasteiger partial charge in [0.1, 0.15) is 0 Å². The zero-order valence-corrected chi connectivity index (χ0v) is 24.6. The number of aryl methyl sites for hydroxylation is 1. The lowest BCUT2D eigenvalue weighted by Gasteiger charge is -2.48. The molecule has 1 unspecified atom stereocenters. The number of amides is 1. The summed E-state index contributed by atoms with van der Waals surface area (Å²) in [5.74, 6) is 0.690. The Labute approximate surface area is 229 Å². The lowest BCUT2D eigenvalue weighted by Crippen LogP contribution is -2.48. The Bertz CT molecular complexity index is 1060. The molecule has 0 radical (unpaired) electrons. The maximum absolute atomic E-state index is 13.9. The molecule has 1 saturated heterocycles. The average Bonchev–Trinajstić information content (AvgIpc) is 3.17. The second kappa shape index (κ2) is 11.2. The van der Waals surface area contributed by atoms with Gasteiger partial charge < -0.3 is 4.90 Å². The third kappa shape index (κ3) is 5.53. The molecule has 4 nitrogen and oxygen atoms in total. The largest absolute Gasteiger partial charge is 0.366 e. The van der Waals surface area contributed by atoms with Gasteiger partial charge in [0.2, 0.25) is 0 Å². The molecule has 2 aliphatic carbocycles. The van der Waals surface area contributed by atoms with Crippen molar-refractivity contribution in [1.82, 2.24) is 4.90 Å². The first-order chi connectivity index (χ1) is 17.8. The van der Waals surface area contributed by atoms with Gasteiger partial charge in [-0.15, -0.1) is 0 Å². The number of hydrogen-bond acceptors (Lipinski definition) is 4. The van der Waals surface area contributed by atoms with E-state index in [1.54, 1.807) is 11.8 Å². The van der Waals surface area contributed by atoms with Crippen LogP contribution in [0.25, 0.3) is 6.08 Å². The van der Waals surface area contributed by atoms with Gasteiger partial charge in [0, 0.05) is 23.8 Å². The number of hydrogen-bond donors (Lipinski definition) is 0. The van der Waals surface area contributed by atoms with Crippen molar-refractivity contribution in [3.63, 3.8) is 0 Å². The molecule has 0 spiro atoms. The lowest BCUT2D eigenvalue weighted by atomic mass is 9.79. The molecule has 4 aliphatic rings. The Morgan fingerprint density at radius 2 is 1.73 bits per heavy atom. The third-order valence-electron chi connectivity index (χ3n) is 9.15. The zero-order chi connectivity index (χ0) is 26.2. The molecule has 2 saturated carbocycles. The van der Waals surface area contributed by atoms with Gasteiger partial charge in [-0.2, -0.15) is 0 Å². The maximum Gasteiger partial charge on any atom is 0.266 e. The third-order valence-corrected chi connectivity index (χ3v) is 10.1. The van der Waals surface area contributed by atoms with E-state index in [4.69, 9.17) is 4.99 Å². The second-order valence-corrected chi connectivity index (χ2v) is 13.6. The van der Waals surface area contributed by atoms with Crippen molar-refractivity contribution < 1.29 is 4.79 Å². The predicted octanol–water partition coefficient (Wildman–Crippen LogP) is 8.43. The predicted molar refractivity (Wildman–Crippen MR) is 160 cm³/mol. The highest BCUT2D eigenvalue weighted by atomic mass is 32.2. The monoisotopic (exact) mass is 521 g/mol. The highest BCUT2D eigenvalue weighted by Crippen LogP contribution is 2.45. The standard InChI is InChI=1S/C32H47N3OS/c1-6-17-34-28-18-22(2)24(19-27(28)23(3)21-32(34,4)5)20-29-30(36)35(26-15-11-8-12-16-26)31(37-29)33-25-13-9-7-10-14-25/h18-20,23,25-26H,6-17,21H2,1-5H3/b29-20+,33-31?. The normalized spacial score (nSPS) is 27.4. The summed E-state index contributed by atoms with van der Waals surface area (Å²) in [6.45, 7) is 12.7. The Balaban J connectivity index is 1.49. The molecule has 1 aromatic rings. The first-order valence-corrected chi connectivity index (χ1v) is 15.8. The molecule has 1 atom stereocenters. The minimum absolute atomic E-state index is 0.164. The van der Waals surface area contributed by atoms with Gasteiger partial charge in [0.05, 0.1) is 10.9 Å². The quantitative estimate of drug-likeness (QED) is 0.365. The lowest BCUT2D eigenvalue weighted by molar-refractivity contribution is -0.124. The van der Waals surface area contributed by atoms with Crippen LogP contribution in [-0.2, 0) is 4.79 Å². The van der Waals surface area contributed by atoms with Gasteiger partial charge in [0.25, 0.3) is 5.91 Å². The van der Waals surface area contributed by atoms with E-state index in [9.17, 15) is 4.79 Å². The number of benzene rings is 1. The highest BCUT2D eigenvalue weighted by molar-refractivity contribution is 8.18. The first kappa shape index (κ1) is 26.8. The summed E-state index contributed by atoms with van der Waals surface area (Å²) in [7, 11) is 0. The zero-order valence-electron chi connectivity index (χ0n) is 23.8. The second-order valence-electron chi connectivity index (χ2n) is 12.6. The van der Waals surface area contributed by atoms with E-state index in [-0.39, 0.29) is 11.4 Å². The van der Waals surface area contributed by atoms with Gasteiger partial charge in [0.15, 0.2) is 5.17 Å². The summed E-state index contributed by atoms with van der Waals surface area (Å²) in [4.78, 5) is 24.7. The van der Waals surface area contributed by atoms with E-state index in [0.717, 1.165) is 42.3 Å². The summed E-state index contributed by atoms with van der Waals surface area (Å²) in [6.07, 6.45) is 16.6. The number of carbonyl (C=O) groups is 1. The van der Waals surface area contributed by atoms with Crippen molar-refractivity contribution in [2.45, 2.75) is 135 Å². The van der Waals surface area contributed by atoms with Crippen LogP contribution in [-0.4, -0.2) is 40.1 Å². The fraction of sp³-hybridized carbons (Fsp3) is 0.688. The number of nitrogens with zero attached hydrogens (tertiary/aromatic N) is 3. The Hall–Kier alpha value is -1.75. The van der Waals surface area contributed by atoms with Crippen molar-refractivity contribution >= 4 is 34.6 Å². The maximum atomic E-state index is 13.9. The number of fused-ring (bicyclic) bond motifs is 1. The molecule has 3 fully saturated rings. The van der Waals surface area contributed by atoms with E-state index in [0.29, 0.717) is 18.0 Å². The summed E-state index contributed by atoms with van der Waals surface area (Å²) in [6, 6.07) is 5.47. The smallest absolute Gasteiger partial charge is 0.266 e. The summed E-state index contributed by atoms with van der Waals surface area (Å²) in [5, 5.41) is 0.981. The molecule has 37 heavy (non-hydrogen) atoms. The summed E-state index contributed by atoms with van der Waals surface area (Å²) < 4.78 is 0. The van der Waals surface area contributed by atoms with E-state index in [2.05, 4.69) is 62.6 Å². The number of carbonyl (C=O) groups excluding carboxylic acids is 1. The fourth-order valence-electron chi connectivity index (χ4n) is 7.20. The number of thioether (sulfide) groups is 1. The number of amidine groups is 1. The van der Waals surface area contributed by atoms with Crippen LogP contribution in [0.4, 0.5) is 5.69 Å². The fourth-order valence-corrected chi connectivity index (χ4v) is 8.30. The van der Waals surface area contributed by atoms with Crippen molar-refractivity contribution in [3.05, 3.63) is 33.7 Å². The molecular formula is C32H47N3OS. The minimum Gasteiger partial charge on any atom is -0.366 e. The average molecular weight is 522 g/mol. The van der Waals surface area contributed by atoms with Crippen LogP contribution in [0.15, 0.2) is 22.0 Å². The topological polar surface area (TPSA) is 35.9 Å². The first-order valence-electron chi connectivity index (χ1n) is 15.0. The van der Waals surface area contributed by atoms with Gasteiger partial charge >= 0.3 is 0 Å². The van der Waals surface area contributed by atoms with Crippen LogP contribution >= 0.6 is 11.8 Å². The summed E-state index contributed by atoms with van der Waals surface area (Å²) in [5.41, 5.74) is 5.43. The summed E-state index contributed by atoms with van der Waals surface area (Å²) >= 11 is 1.64. The molecule has 1 aromatic carbocycles. The molecule has 2 heterocycles. The van der Waals surface area contributed by atoms with Crippen LogP contribution in [0.2, 0.25) is 0 Å². The van der Waals surface area contributed by atoms with Crippen molar-refractivity contribution in [1.29, 1.82) is 0 Å². The van der Waals surface area contributed by atoms with E-state index >= 15 is 0 Å². The molecule has 2 aliphatic heterocycles. The van der Waals surface area contributed by atoms with Crippen LogP contribution < -0.4 is 4.90 Å². The van der Waals surface area contributed by atoms with E-state index in [1.165, 1.54) is 73.7 Å². The molecule has 1 amide bonds. The Kier molecular flexibility index (Phi) is 8.10. The molecule has 0 N–H and O–H groups in total. The van der Waals surface area contributed by atoms with Crippen molar-refractivity contribution in [3.8, 4) is 0 Å². The molecule has 5 rings (SSSR count). The minimum atomic E-state index is 0.164. The molecule has 0 bridgehead atoms. The van der Waals surface area contributed by atoms with Gasteiger partial charge in [-0.05, 0) is 112 Å². The Morgan fingerprint density at radius 3 is 2.41 bits per heavy atom. The molecular weight excluding hydrogens is 474 g/mol. The van der Waals surface area contributed by atoms with Crippen LogP contribution in [0, 0.1) is 6.92 Å². The van der Waals surface area contributed by atoms with E-state index < -0.39 is 0 Å². The number of rotatable bonds is 5. The van der Waals surface area contributed by atoms with Crippen molar-refractivity contribution in [2.24, 2.45) is 4.99 Å². The molecule has 202 valence electrons. The Morgan fingerprint density at radius 1 is 1.05 bits per heavy atom. The van der Waals surface area contributed by atoms with Crippen LogP contribution in [0.5, 0.6) is 0 Å². The van der Waals surface area contributed by atoms with Crippen LogP contribution in [0.3, 0.4) is 0 Å². The van der Waals surface area contributed by atoms with E-state index in [1.807, 2.05) is 0 Å². The van der Waals surface area contributed by atoms with Gasteiger partial charge in [-0.1, -0.05) is 52.4 Å². The van der Waals surface area contributed by atoms with Gasteiger partial charge in [-0.25, -0.2) is 0 Å².